The van der Waals surface area contributed by atoms with E-state index in [9.17, 15) is 22.0 Å². The molecule has 1 heterocycles. The second kappa shape index (κ2) is 10.4. The summed E-state index contributed by atoms with van der Waals surface area (Å²) in [5.41, 5.74) is 0.879. The number of benzene rings is 3. The standard InChI is InChI=1S/C25H25F2N3O4S/c1-2-34-20-10-8-19(9-11-20)28-25(31)18-7-12-22(27)24(17-18)35(32,33)30-15-13-29(14-16-30)23-6-4-3-5-21(23)26/h3-12,17H,2,13-16H2,1H3,(H,28,31). The Morgan fingerprint density at radius 2 is 1.63 bits per heavy atom. The molecule has 1 saturated heterocycles. The Morgan fingerprint density at radius 1 is 0.943 bits per heavy atom. The van der Waals surface area contributed by atoms with Crippen molar-refractivity contribution >= 4 is 27.3 Å². The van der Waals surface area contributed by atoms with Crippen LogP contribution < -0.4 is 15.0 Å². The number of ether oxygens (including phenoxy) is 1. The molecule has 0 aliphatic carbocycles. The van der Waals surface area contributed by atoms with Crippen molar-refractivity contribution in [1.29, 1.82) is 0 Å². The van der Waals surface area contributed by atoms with Gasteiger partial charge in [-0.1, -0.05) is 12.1 Å². The zero-order valence-electron chi connectivity index (χ0n) is 19.1. The van der Waals surface area contributed by atoms with Crippen LogP contribution in [-0.4, -0.2) is 51.4 Å². The molecule has 1 aliphatic heterocycles. The fourth-order valence-corrected chi connectivity index (χ4v) is 5.38. The Bertz CT molecular complexity index is 1310. The maximum atomic E-state index is 14.6. The summed E-state index contributed by atoms with van der Waals surface area (Å²) in [6, 6.07) is 16.2. The molecule has 3 aromatic carbocycles. The first kappa shape index (κ1) is 24.6. The normalized spacial score (nSPS) is 14.5. The molecule has 1 aliphatic rings. The van der Waals surface area contributed by atoms with E-state index in [-0.39, 0.29) is 37.6 Å². The van der Waals surface area contributed by atoms with E-state index in [1.807, 2.05) is 6.92 Å². The molecule has 1 fully saturated rings. The number of amides is 1. The fraction of sp³-hybridized carbons (Fsp3) is 0.240. The maximum Gasteiger partial charge on any atom is 0.255 e. The Kier molecular flexibility index (Phi) is 7.32. The number of hydrogen-bond donors (Lipinski definition) is 1. The van der Waals surface area contributed by atoms with Crippen LogP contribution in [0, 0.1) is 11.6 Å². The highest BCUT2D eigenvalue weighted by atomic mass is 32.2. The van der Waals surface area contributed by atoms with Crippen molar-refractivity contribution in [3.05, 3.63) is 83.9 Å². The van der Waals surface area contributed by atoms with Crippen LogP contribution in [0.5, 0.6) is 5.75 Å². The van der Waals surface area contributed by atoms with Crippen LogP contribution in [0.15, 0.2) is 71.6 Å². The van der Waals surface area contributed by atoms with Crippen molar-refractivity contribution < 1.29 is 26.7 Å². The summed E-state index contributed by atoms with van der Waals surface area (Å²) < 4.78 is 61.6. The number of halogens is 2. The molecular weight excluding hydrogens is 476 g/mol. The quantitative estimate of drug-likeness (QED) is 0.527. The highest BCUT2D eigenvalue weighted by Gasteiger charge is 2.32. The lowest BCUT2D eigenvalue weighted by atomic mass is 10.2. The van der Waals surface area contributed by atoms with Gasteiger partial charge in [0.05, 0.1) is 12.3 Å². The van der Waals surface area contributed by atoms with Crippen LogP contribution in [0.4, 0.5) is 20.2 Å². The number of para-hydroxylation sites is 1. The minimum Gasteiger partial charge on any atom is -0.494 e. The number of sulfonamides is 1. The smallest absolute Gasteiger partial charge is 0.255 e. The Labute approximate surface area is 203 Å². The van der Waals surface area contributed by atoms with Gasteiger partial charge in [0.1, 0.15) is 22.3 Å². The summed E-state index contributed by atoms with van der Waals surface area (Å²) in [5, 5.41) is 2.67. The van der Waals surface area contributed by atoms with E-state index in [1.54, 1.807) is 47.4 Å². The molecule has 0 radical (unpaired) electrons. The van der Waals surface area contributed by atoms with Gasteiger partial charge in [0.2, 0.25) is 10.0 Å². The lowest BCUT2D eigenvalue weighted by Gasteiger charge is -2.35. The molecule has 0 spiro atoms. The van der Waals surface area contributed by atoms with Crippen LogP contribution in [-0.2, 0) is 10.0 Å². The monoisotopic (exact) mass is 501 g/mol. The molecule has 0 saturated carbocycles. The first-order valence-electron chi connectivity index (χ1n) is 11.1. The largest absolute Gasteiger partial charge is 0.494 e. The van der Waals surface area contributed by atoms with E-state index < -0.39 is 26.6 Å². The predicted molar refractivity (Wildman–Crippen MR) is 129 cm³/mol. The summed E-state index contributed by atoms with van der Waals surface area (Å²) in [5.74, 6) is -1.26. The van der Waals surface area contributed by atoms with Gasteiger partial charge in [0, 0.05) is 37.4 Å². The molecule has 0 atom stereocenters. The van der Waals surface area contributed by atoms with Crippen molar-refractivity contribution in [3.63, 3.8) is 0 Å². The molecule has 10 heteroatoms. The van der Waals surface area contributed by atoms with Gasteiger partial charge in [0.15, 0.2) is 0 Å². The summed E-state index contributed by atoms with van der Waals surface area (Å²) in [6.45, 7) is 2.98. The van der Waals surface area contributed by atoms with Crippen molar-refractivity contribution in [1.82, 2.24) is 4.31 Å². The SMILES string of the molecule is CCOc1ccc(NC(=O)c2ccc(F)c(S(=O)(=O)N3CCN(c4ccccc4F)CC3)c2)cc1. The summed E-state index contributed by atoms with van der Waals surface area (Å²) >= 11 is 0. The molecule has 0 bridgehead atoms. The Morgan fingerprint density at radius 3 is 2.29 bits per heavy atom. The molecule has 7 nitrogen and oxygen atoms in total. The maximum absolute atomic E-state index is 14.6. The third-order valence-electron chi connectivity index (χ3n) is 5.67. The molecule has 4 rings (SSSR count). The number of piperazine rings is 1. The van der Waals surface area contributed by atoms with Gasteiger partial charge in [-0.25, -0.2) is 17.2 Å². The number of anilines is 2. The first-order valence-corrected chi connectivity index (χ1v) is 12.6. The molecule has 35 heavy (non-hydrogen) atoms. The second-order valence-corrected chi connectivity index (χ2v) is 9.81. The average Bonchev–Trinajstić information content (AvgIpc) is 2.86. The average molecular weight is 502 g/mol. The zero-order valence-corrected chi connectivity index (χ0v) is 19.9. The second-order valence-electron chi connectivity index (χ2n) is 7.90. The van der Waals surface area contributed by atoms with E-state index >= 15 is 0 Å². The number of carbonyl (C=O) groups excluding carboxylic acids is 1. The summed E-state index contributed by atoms with van der Waals surface area (Å²) in [6.07, 6.45) is 0. The van der Waals surface area contributed by atoms with Gasteiger partial charge in [-0.15, -0.1) is 0 Å². The molecular formula is C25H25F2N3O4S. The Balaban J connectivity index is 1.48. The predicted octanol–water partition coefficient (Wildman–Crippen LogP) is 4.13. The third kappa shape index (κ3) is 5.44. The van der Waals surface area contributed by atoms with Crippen molar-refractivity contribution in [2.75, 3.05) is 43.0 Å². The van der Waals surface area contributed by atoms with E-state index in [0.29, 0.717) is 23.7 Å². The van der Waals surface area contributed by atoms with Gasteiger partial charge >= 0.3 is 0 Å². The summed E-state index contributed by atoms with van der Waals surface area (Å²) in [7, 11) is -4.21. The number of nitrogens with zero attached hydrogens (tertiary/aromatic N) is 2. The number of carbonyl (C=O) groups is 1. The molecule has 0 unspecified atom stereocenters. The molecule has 1 N–H and O–H groups in total. The number of nitrogens with one attached hydrogen (secondary N) is 1. The van der Waals surface area contributed by atoms with Crippen LogP contribution in [0.2, 0.25) is 0 Å². The topological polar surface area (TPSA) is 78.9 Å². The highest BCUT2D eigenvalue weighted by molar-refractivity contribution is 7.89. The van der Waals surface area contributed by atoms with Gasteiger partial charge < -0.3 is 15.0 Å². The van der Waals surface area contributed by atoms with E-state index in [0.717, 1.165) is 16.4 Å². The minimum atomic E-state index is -4.21. The summed E-state index contributed by atoms with van der Waals surface area (Å²) in [4.78, 5) is 13.9. The van der Waals surface area contributed by atoms with Gasteiger partial charge in [-0.05, 0) is 61.5 Å². The van der Waals surface area contributed by atoms with E-state index in [4.69, 9.17) is 4.74 Å². The molecule has 0 aromatic heterocycles. The molecule has 184 valence electrons. The lowest BCUT2D eigenvalue weighted by Crippen LogP contribution is -2.49. The van der Waals surface area contributed by atoms with Crippen LogP contribution >= 0.6 is 0 Å². The van der Waals surface area contributed by atoms with Crippen LogP contribution in [0.1, 0.15) is 17.3 Å². The van der Waals surface area contributed by atoms with Gasteiger partial charge in [-0.3, -0.25) is 4.79 Å². The van der Waals surface area contributed by atoms with E-state index in [1.165, 1.54) is 12.1 Å². The van der Waals surface area contributed by atoms with Crippen molar-refractivity contribution in [2.45, 2.75) is 11.8 Å². The minimum absolute atomic E-state index is 0.00357. The Hall–Kier alpha value is -3.50. The first-order chi connectivity index (χ1) is 16.8. The fourth-order valence-electron chi connectivity index (χ4n) is 3.86. The van der Waals surface area contributed by atoms with Crippen LogP contribution in [0.25, 0.3) is 0 Å². The zero-order chi connectivity index (χ0) is 25.0. The molecule has 3 aromatic rings. The number of rotatable bonds is 7. The van der Waals surface area contributed by atoms with Gasteiger partial charge in [-0.2, -0.15) is 4.31 Å². The van der Waals surface area contributed by atoms with Gasteiger partial charge in [0.25, 0.3) is 5.91 Å². The van der Waals surface area contributed by atoms with E-state index in [2.05, 4.69) is 5.32 Å². The van der Waals surface area contributed by atoms with Crippen LogP contribution in [0.3, 0.4) is 0 Å². The van der Waals surface area contributed by atoms with Crippen molar-refractivity contribution in [3.8, 4) is 5.75 Å². The molecule has 1 amide bonds. The van der Waals surface area contributed by atoms with Crippen molar-refractivity contribution in [2.24, 2.45) is 0 Å². The lowest BCUT2D eigenvalue weighted by molar-refractivity contribution is 0.102. The highest BCUT2D eigenvalue weighted by Crippen LogP contribution is 2.26. The third-order valence-corrected chi connectivity index (χ3v) is 7.58. The number of hydrogen-bond acceptors (Lipinski definition) is 5.